The van der Waals surface area contributed by atoms with Crippen molar-refractivity contribution < 1.29 is 19.4 Å². The van der Waals surface area contributed by atoms with E-state index in [9.17, 15) is 14.3 Å². The number of carbonyl (C=O) groups is 1. The normalized spacial score (nSPS) is 19.0. The summed E-state index contributed by atoms with van der Waals surface area (Å²) < 4.78 is 10.4. The van der Waals surface area contributed by atoms with E-state index in [1.807, 2.05) is 4.95 Å². The Bertz CT molecular complexity index is 201. The molecule has 0 rings (SSSR count). The molecular weight excluding hydrogens is 161 g/mol. The zero-order valence-electron chi connectivity index (χ0n) is 5.09. The lowest BCUT2D eigenvalue weighted by molar-refractivity contribution is -0.136. The maximum atomic E-state index is 10.4. The van der Waals surface area contributed by atoms with Crippen molar-refractivity contribution in [2.45, 2.75) is 12.6 Å². The standard InChI is InChI=1S/C3H6NO5P/c1-2(3(5)6)10(8,9)4-7/h2H,1H3,(H,5,6)(H,8,9). The fraction of sp³-hybridized carbons (Fsp3) is 0.667. The Morgan fingerprint density at radius 3 is 2.20 bits per heavy atom. The molecule has 0 amide bonds. The highest BCUT2D eigenvalue weighted by Crippen LogP contribution is 2.47. The molecule has 0 radical (unpaired) electrons. The van der Waals surface area contributed by atoms with Crippen LogP contribution in [0.4, 0.5) is 0 Å². The highest BCUT2D eigenvalue weighted by Gasteiger charge is 2.34. The van der Waals surface area contributed by atoms with Crippen molar-refractivity contribution in [1.29, 1.82) is 0 Å². The summed E-state index contributed by atoms with van der Waals surface area (Å²) in [4.78, 5) is 29.8. The Kier molecular flexibility index (Phi) is 2.68. The molecule has 0 bridgehead atoms. The van der Waals surface area contributed by atoms with Crippen LogP contribution in [0.2, 0.25) is 0 Å². The highest BCUT2D eigenvalue weighted by atomic mass is 31.2. The van der Waals surface area contributed by atoms with Gasteiger partial charge in [0, 0.05) is 4.95 Å². The van der Waals surface area contributed by atoms with E-state index in [1.54, 1.807) is 0 Å². The van der Waals surface area contributed by atoms with Crippen LogP contribution in [0.1, 0.15) is 6.92 Å². The van der Waals surface area contributed by atoms with Crippen molar-refractivity contribution in [2.24, 2.45) is 4.95 Å². The van der Waals surface area contributed by atoms with Gasteiger partial charge in [0.1, 0.15) is 0 Å². The van der Waals surface area contributed by atoms with Crippen LogP contribution in [-0.4, -0.2) is 21.6 Å². The van der Waals surface area contributed by atoms with Gasteiger partial charge in [-0.15, -0.1) is 4.91 Å². The van der Waals surface area contributed by atoms with Crippen molar-refractivity contribution >= 4 is 13.5 Å². The van der Waals surface area contributed by atoms with E-state index in [4.69, 9.17) is 10.00 Å². The molecule has 0 spiro atoms. The van der Waals surface area contributed by atoms with Gasteiger partial charge in [0.25, 0.3) is 0 Å². The molecule has 7 heteroatoms. The lowest BCUT2D eigenvalue weighted by Gasteiger charge is -2.04. The second kappa shape index (κ2) is 2.90. The minimum atomic E-state index is -4.35. The van der Waals surface area contributed by atoms with Crippen molar-refractivity contribution in [3.05, 3.63) is 4.91 Å². The van der Waals surface area contributed by atoms with Crippen LogP contribution < -0.4 is 0 Å². The number of nitrogens with zero attached hydrogens (tertiary/aromatic N) is 1. The number of hydrogen-bond donors (Lipinski definition) is 2. The summed E-state index contributed by atoms with van der Waals surface area (Å²) in [6.45, 7) is 0.949. The van der Waals surface area contributed by atoms with Gasteiger partial charge < -0.3 is 10.00 Å². The first-order chi connectivity index (χ1) is 4.41. The molecule has 0 aromatic rings. The number of carboxylic acids is 1. The monoisotopic (exact) mass is 167 g/mol. The second-order valence-electron chi connectivity index (χ2n) is 1.68. The van der Waals surface area contributed by atoms with Gasteiger partial charge in [0.2, 0.25) is 0 Å². The third-order valence-electron chi connectivity index (χ3n) is 0.979. The van der Waals surface area contributed by atoms with Gasteiger partial charge in [-0.3, -0.25) is 9.36 Å². The summed E-state index contributed by atoms with van der Waals surface area (Å²) in [7, 11) is -4.35. The molecule has 0 fully saturated rings. The van der Waals surface area contributed by atoms with Gasteiger partial charge in [-0.25, -0.2) is 0 Å². The van der Waals surface area contributed by atoms with Crippen LogP contribution in [0.15, 0.2) is 4.95 Å². The number of rotatable bonds is 3. The molecule has 0 heterocycles. The molecule has 0 aliphatic heterocycles. The molecule has 0 saturated heterocycles. The van der Waals surface area contributed by atoms with Gasteiger partial charge in [0.05, 0.1) is 0 Å². The first kappa shape index (κ1) is 9.26. The molecule has 0 aromatic heterocycles. The van der Waals surface area contributed by atoms with Crippen molar-refractivity contribution in [1.82, 2.24) is 0 Å². The van der Waals surface area contributed by atoms with Gasteiger partial charge in [-0.1, -0.05) is 0 Å². The largest absolute Gasteiger partial charge is 0.481 e. The topological polar surface area (TPSA) is 104 Å². The average Bonchev–Trinajstić information content (AvgIpc) is 1.86. The molecule has 0 saturated carbocycles. The quantitative estimate of drug-likeness (QED) is 0.467. The van der Waals surface area contributed by atoms with Gasteiger partial charge in [0.15, 0.2) is 5.66 Å². The molecular formula is C3H6NO5P. The van der Waals surface area contributed by atoms with Crippen molar-refractivity contribution in [3.63, 3.8) is 0 Å². The third-order valence-corrected chi connectivity index (χ3v) is 2.44. The number of nitroso groups, excluding NO2 is 1. The molecule has 0 aliphatic rings. The summed E-state index contributed by atoms with van der Waals surface area (Å²) in [6.07, 6.45) is 0. The predicted molar refractivity (Wildman–Crippen MR) is 32.7 cm³/mol. The van der Waals surface area contributed by atoms with Crippen molar-refractivity contribution in [2.75, 3.05) is 0 Å². The Morgan fingerprint density at radius 1 is 1.70 bits per heavy atom. The minimum Gasteiger partial charge on any atom is -0.481 e. The van der Waals surface area contributed by atoms with E-state index in [2.05, 4.69) is 0 Å². The Balaban J connectivity index is 4.49. The maximum absolute atomic E-state index is 10.4. The summed E-state index contributed by atoms with van der Waals surface area (Å²) in [5.74, 6) is -1.51. The molecule has 0 aliphatic carbocycles. The van der Waals surface area contributed by atoms with Gasteiger partial charge in [-0.05, 0) is 6.92 Å². The zero-order chi connectivity index (χ0) is 8.36. The molecule has 2 N–H and O–H groups in total. The first-order valence-corrected chi connectivity index (χ1v) is 4.00. The minimum absolute atomic E-state index is 0.949. The third kappa shape index (κ3) is 1.89. The van der Waals surface area contributed by atoms with Crippen LogP contribution in [0.3, 0.4) is 0 Å². The summed E-state index contributed by atoms with van der Waals surface area (Å²) in [5, 5.41) is 8.12. The molecule has 6 nitrogen and oxygen atoms in total. The summed E-state index contributed by atoms with van der Waals surface area (Å²) in [6, 6.07) is 0. The number of aliphatic carboxylic acids is 1. The summed E-state index contributed by atoms with van der Waals surface area (Å²) >= 11 is 0. The van der Waals surface area contributed by atoms with E-state index in [0.29, 0.717) is 0 Å². The van der Waals surface area contributed by atoms with E-state index in [0.717, 1.165) is 6.92 Å². The molecule has 2 unspecified atom stereocenters. The van der Waals surface area contributed by atoms with Crippen molar-refractivity contribution in [3.8, 4) is 0 Å². The van der Waals surface area contributed by atoms with Crippen LogP contribution >= 0.6 is 7.52 Å². The highest BCUT2D eigenvalue weighted by molar-refractivity contribution is 7.58. The Labute approximate surface area is 56.3 Å². The van der Waals surface area contributed by atoms with Crippen LogP contribution in [-0.2, 0) is 9.36 Å². The lowest BCUT2D eigenvalue weighted by atomic mass is 10.5. The smallest absolute Gasteiger partial charge is 0.363 e. The number of carboxylic acid groups (broad SMARTS) is 1. The van der Waals surface area contributed by atoms with Gasteiger partial charge in [-0.2, -0.15) is 0 Å². The van der Waals surface area contributed by atoms with Crippen LogP contribution in [0, 0.1) is 4.91 Å². The van der Waals surface area contributed by atoms with Crippen LogP contribution in [0.25, 0.3) is 0 Å². The number of hydrogen-bond acceptors (Lipinski definition) is 3. The van der Waals surface area contributed by atoms with E-state index < -0.39 is 19.1 Å². The van der Waals surface area contributed by atoms with E-state index >= 15 is 0 Å². The molecule has 0 aromatic carbocycles. The fourth-order valence-electron chi connectivity index (χ4n) is 0.215. The SMILES string of the molecule is CC(C(=O)O)P(=O)(O)N=O. The molecule has 58 valence electrons. The predicted octanol–water partition coefficient (Wildman–Crippen LogP) is 0.411. The zero-order valence-corrected chi connectivity index (χ0v) is 5.99. The Morgan fingerprint density at radius 2 is 2.10 bits per heavy atom. The maximum Gasteiger partial charge on any atom is 0.363 e. The molecule has 2 atom stereocenters. The second-order valence-corrected chi connectivity index (χ2v) is 3.80. The van der Waals surface area contributed by atoms with E-state index in [-0.39, 0.29) is 0 Å². The lowest BCUT2D eigenvalue weighted by Crippen LogP contribution is -2.14. The average molecular weight is 167 g/mol. The van der Waals surface area contributed by atoms with Crippen LogP contribution in [0.5, 0.6) is 0 Å². The van der Waals surface area contributed by atoms with E-state index in [1.165, 1.54) is 0 Å². The molecule has 10 heavy (non-hydrogen) atoms. The Hall–Kier alpha value is -0.740. The fourth-order valence-corrected chi connectivity index (χ4v) is 0.644. The first-order valence-electron chi connectivity index (χ1n) is 2.32. The summed E-state index contributed by atoms with van der Waals surface area (Å²) in [5.41, 5.74) is -1.62. The van der Waals surface area contributed by atoms with Gasteiger partial charge >= 0.3 is 13.5 Å².